The number of hydrogen-bond acceptors (Lipinski definition) is 4. The molecule has 1 aromatic heterocycles. The zero-order chi connectivity index (χ0) is 15.5. The van der Waals surface area contributed by atoms with Gasteiger partial charge in [-0.2, -0.15) is 0 Å². The van der Waals surface area contributed by atoms with Crippen LogP contribution in [0.3, 0.4) is 0 Å². The first-order valence-electron chi connectivity index (χ1n) is 6.57. The summed E-state index contributed by atoms with van der Waals surface area (Å²) in [7, 11) is -3.25. The smallest absolute Gasteiger partial charge is 0.229 e. The molecule has 6 heteroatoms. The Kier molecular flexibility index (Phi) is 4.47. The van der Waals surface area contributed by atoms with Gasteiger partial charge in [-0.1, -0.05) is 6.07 Å². The number of anilines is 2. The molecule has 0 aliphatic rings. The summed E-state index contributed by atoms with van der Waals surface area (Å²) in [5, 5.41) is 3.27. The van der Waals surface area contributed by atoms with Crippen LogP contribution in [0, 0.1) is 13.8 Å². The number of nitrogens with one attached hydrogen (secondary N) is 2. The maximum Gasteiger partial charge on any atom is 0.229 e. The molecule has 0 fully saturated rings. The van der Waals surface area contributed by atoms with Gasteiger partial charge in [-0.15, -0.1) is 0 Å². The van der Waals surface area contributed by atoms with Crippen LogP contribution < -0.4 is 10.0 Å². The molecular formula is C15H19N3O2S. The molecule has 0 bridgehead atoms. The molecule has 0 saturated carbocycles. The van der Waals surface area contributed by atoms with E-state index in [1.165, 1.54) is 0 Å². The Morgan fingerprint density at radius 2 is 1.90 bits per heavy atom. The molecule has 112 valence electrons. The topological polar surface area (TPSA) is 71.1 Å². The zero-order valence-corrected chi connectivity index (χ0v) is 13.2. The fourth-order valence-electron chi connectivity index (χ4n) is 1.88. The van der Waals surface area contributed by atoms with Gasteiger partial charge < -0.3 is 5.32 Å². The lowest BCUT2D eigenvalue weighted by Gasteiger charge is -2.11. The lowest BCUT2D eigenvalue weighted by Crippen LogP contribution is -2.10. The van der Waals surface area contributed by atoms with E-state index >= 15 is 0 Å². The molecular weight excluding hydrogens is 286 g/mol. The minimum Gasteiger partial charge on any atom is -0.379 e. The Hall–Kier alpha value is -2.08. The normalized spacial score (nSPS) is 11.2. The Balaban J connectivity index is 2.05. The van der Waals surface area contributed by atoms with Crippen LogP contribution in [-0.2, 0) is 16.6 Å². The average Bonchev–Trinajstić information content (AvgIpc) is 2.40. The van der Waals surface area contributed by atoms with Gasteiger partial charge in [0, 0.05) is 11.9 Å². The number of rotatable bonds is 5. The molecule has 0 saturated heterocycles. The van der Waals surface area contributed by atoms with E-state index in [1.807, 2.05) is 44.3 Å². The highest BCUT2D eigenvalue weighted by Crippen LogP contribution is 2.20. The second-order valence-electron chi connectivity index (χ2n) is 5.08. The predicted octanol–water partition coefficient (Wildman–Crippen LogP) is 2.68. The van der Waals surface area contributed by atoms with Crippen LogP contribution >= 0.6 is 0 Å². The summed E-state index contributed by atoms with van der Waals surface area (Å²) in [6.07, 6.45) is 2.98. The monoisotopic (exact) mass is 305 g/mol. The largest absolute Gasteiger partial charge is 0.379 e. The van der Waals surface area contributed by atoms with E-state index in [0.717, 1.165) is 28.8 Å². The van der Waals surface area contributed by atoms with E-state index in [4.69, 9.17) is 0 Å². The summed E-state index contributed by atoms with van der Waals surface area (Å²) in [5.74, 6) is 0. The first-order chi connectivity index (χ1) is 9.83. The average molecular weight is 305 g/mol. The number of aryl methyl sites for hydroxylation is 2. The van der Waals surface area contributed by atoms with Crippen molar-refractivity contribution >= 4 is 21.4 Å². The van der Waals surface area contributed by atoms with E-state index in [1.54, 1.807) is 6.07 Å². The lowest BCUT2D eigenvalue weighted by molar-refractivity contribution is 0.607. The third-order valence-corrected chi connectivity index (χ3v) is 3.56. The third kappa shape index (κ3) is 4.75. The molecule has 1 aromatic carbocycles. The van der Waals surface area contributed by atoms with Gasteiger partial charge in [0.25, 0.3) is 0 Å². The summed E-state index contributed by atoms with van der Waals surface area (Å²) >= 11 is 0. The van der Waals surface area contributed by atoms with Crippen molar-refractivity contribution in [2.24, 2.45) is 0 Å². The van der Waals surface area contributed by atoms with E-state index in [0.29, 0.717) is 12.2 Å². The highest BCUT2D eigenvalue weighted by molar-refractivity contribution is 7.92. The Morgan fingerprint density at radius 3 is 2.48 bits per heavy atom. The van der Waals surface area contributed by atoms with Crippen molar-refractivity contribution in [1.82, 2.24) is 4.98 Å². The van der Waals surface area contributed by atoms with Gasteiger partial charge in [0.05, 0.1) is 24.2 Å². The van der Waals surface area contributed by atoms with Gasteiger partial charge in [0.15, 0.2) is 0 Å². The highest BCUT2D eigenvalue weighted by Gasteiger charge is 2.05. The number of nitrogens with zero attached hydrogens (tertiary/aromatic N) is 1. The molecule has 0 aliphatic heterocycles. The van der Waals surface area contributed by atoms with E-state index in [2.05, 4.69) is 15.0 Å². The van der Waals surface area contributed by atoms with Crippen LogP contribution in [0.2, 0.25) is 0 Å². The summed E-state index contributed by atoms with van der Waals surface area (Å²) in [6, 6.07) is 9.50. The second-order valence-corrected chi connectivity index (χ2v) is 6.83. The molecule has 0 spiro atoms. The number of pyridine rings is 1. The van der Waals surface area contributed by atoms with Gasteiger partial charge in [0.2, 0.25) is 10.0 Å². The maximum atomic E-state index is 11.2. The molecule has 21 heavy (non-hydrogen) atoms. The van der Waals surface area contributed by atoms with Crippen LogP contribution in [-0.4, -0.2) is 19.7 Å². The molecule has 2 rings (SSSR count). The zero-order valence-electron chi connectivity index (χ0n) is 12.3. The summed E-state index contributed by atoms with van der Waals surface area (Å²) in [4.78, 5) is 4.33. The van der Waals surface area contributed by atoms with Crippen LogP contribution in [0.25, 0.3) is 0 Å². The van der Waals surface area contributed by atoms with E-state index < -0.39 is 10.0 Å². The van der Waals surface area contributed by atoms with Crippen molar-refractivity contribution in [1.29, 1.82) is 0 Å². The van der Waals surface area contributed by atoms with Gasteiger partial charge in [-0.25, -0.2) is 8.42 Å². The number of aromatic nitrogens is 1. The van der Waals surface area contributed by atoms with Crippen molar-refractivity contribution in [2.75, 3.05) is 16.3 Å². The number of benzene rings is 1. The van der Waals surface area contributed by atoms with Crippen molar-refractivity contribution in [3.63, 3.8) is 0 Å². The standard InChI is InChI=1S/C15H19N3O2S/c1-11-4-5-14(16-9-11)10-17-13-6-7-15(12(2)8-13)18-21(3,19)20/h4-9,17-18H,10H2,1-3H3. The SMILES string of the molecule is Cc1ccc(CNc2ccc(NS(C)(=O)=O)c(C)c2)nc1. The molecule has 0 amide bonds. The summed E-state index contributed by atoms with van der Waals surface area (Å²) < 4.78 is 25.0. The fourth-order valence-corrected chi connectivity index (χ4v) is 2.51. The highest BCUT2D eigenvalue weighted by atomic mass is 32.2. The summed E-state index contributed by atoms with van der Waals surface area (Å²) in [5.41, 5.74) is 4.47. The molecule has 0 radical (unpaired) electrons. The van der Waals surface area contributed by atoms with Gasteiger partial charge in [-0.05, 0) is 49.2 Å². The van der Waals surface area contributed by atoms with E-state index in [-0.39, 0.29) is 0 Å². The molecule has 0 aliphatic carbocycles. The first kappa shape index (κ1) is 15.3. The Morgan fingerprint density at radius 1 is 1.14 bits per heavy atom. The first-order valence-corrected chi connectivity index (χ1v) is 8.46. The minimum atomic E-state index is -3.25. The molecule has 0 unspecified atom stereocenters. The van der Waals surface area contributed by atoms with Crippen molar-refractivity contribution in [2.45, 2.75) is 20.4 Å². The van der Waals surface area contributed by atoms with Crippen LogP contribution in [0.5, 0.6) is 0 Å². The lowest BCUT2D eigenvalue weighted by atomic mass is 10.2. The van der Waals surface area contributed by atoms with Gasteiger partial charge in [-0.3, -0.25) is 9.71 Å². The molecule has 2 N–H and O–H groups in total. The molecule has 1 heterocycles. The molecule has 0 atom stereocenters. The van der Waals surface area contributed by atoms with Crippen molar-refractivity contribution < 1.29 is 8.42 Å². The number of sulfonamides is 1. The minimum absolute atomic E-state index is 0.594. The molecule has 5 nitrogen and oxygen atoms in total. The second kappa shape index (κ2) is 6.13. The van der Waals surface area contributed by atoms with E-state index in [9.17, 15) is 8.42 Å². The summed E-state index contributed by atoms with van der Waals surface area (Å²) in [6.45, 7) is 4.49. The van der Waals surface area contributed by atoms with Crippen LogP contribution in [0.15, 0.2) is 36.5 Å². The molecule has 2 aromatic rings. The maximum absolute atomic E-state index is 11.2. The Labute approximate surface area is 125 Å². The van der Waals surface area contributed by atoms with Crippen molar-refractivity contribution in [3.05, 3.63) is 53.3 Å². The van der Waals surface area contributed by atoms with Crippen LogP contribution in [0.1, 0.15) is 16.8 Å². The third-order valence-electron chi connectivity index (χ3n) is 2.97. The predicted molar refractivity (Wildman–Crippen MR) is 85.9 cm³/mol. The number of hydrogen-bond donors (Lipinski definition) is 2. The quantitative estimate of drug-likeness (QED) is 0.891. The van der Waals surface area contributed by atoms with Crippen LogP contribution in [0.4, 0.5) is 11.4 Å². The van der Waals surface area contributed by atoms with Gasteiger partial charge >= 0.3 is 0 Å². The van der Waals surface area contributed by atoms with Gasteiger partial charge in [0.1, 0.15) is 0 Å². The van der Waals surface area contributed by atoms with Crippen molar-refractivity contribution in [3.8, 4) is 0 Å². The fraction of sp³-hybridized carbons (Fsp3) is 0.267. The Bertz CT molecular complexity index is 725.